The van der Waals surface area contributed by atoms with Crippen LogP contribution in [0.15, 0.2) is 18.5 Å². The van der Waals surface area contributed by atoms with E-state index in [1.165, 1.54) is 11.0 Å². The Balaban J connectivity index is 2.36. The first-order valence-corrected chi connectivity index (χ1v) is 4.61. The van der Waals surface area contributed by atoms with Gasteiger partial charge in [0.1, 0.15) is 6.33 Å². The van der Waals surface area contributed by atoms with E-state index in [0.29, 0.717) is 18.3 Å². The minimum absolute atomic E-state index is 0.450. The lowest BCUT2D eigenvalue weighted by molar-refractivity contribution is 0.181. The Morgan fingerprint density at radius 2 is 2.19 bits per heavy atom. The molecule has 2 aromatic heterocycles. The van der Waals surface area contributed by atoms with Gasteiger partial charge in [-0.15, -0.1) is 5.10 Å². The smallest absolute Gasteiger partial charge is 0.220 e. The van der Waals surface area contributed by atoms with Gasteiger partial charge in [0.05, 0.1) is 13.7 Å². The largest absolute Gasteiger partial charge is 0.481 e. The van der Waals surface area contributed by atoms with E-state index in [1.807, 2.05) is 6.07 Å². The van der Waals surface area contributed by atoms with Gasteiger partial charge in [-0.25, -0.2) is 0 Å². The number of methoxy groups -OCH3 is 2. The van der Waals surface area contributed by atoms with Crippen LogP contribution in [0.4, 0.5) is 0 Å². The normalized spacial score (nSPS) is 10.4. The standard InChI is InChI=1S/C9H11N5O2/c1-15-5-7-3-4-8(11-9(7)16-2)14-6-10-12-13-14/h3-4,6H,5H2,1-2H3. The average Bonchev–Trinajstić information content (AvgIpc) is 2.83. The van der Waals surface area contributed by atoms with Crippen LogP contribution >= 0.6 is 0 Å². The number of ether oxygens (including phenoxy) is 2. The van der Waals surface area contributed by atoms with E-state index >= 15 is 0 Å². The lowest BCUT2D eigenvalue weighted by Crippen LogP contribution is -2.03. The summed E-state index contributed by atoms with van der Waals surface area (Å²) in [5.74, 6) is 1.11. The van der Waals surface area contributed by atoms with Crippen molar-refractivity contribution in [3.8, 4) is 11.7 Å². The Morgan fingerprint density at radius 3 is 2.81 bits per heavy atom. The van der Waals surface area contributed by atoms with E-state index in [4.69, 9.17) is 9.47 Å². The minimum atomic E-state index is 0.450. The van der Waals surface area contributed by atoms with Gasteiger partial charge in [0.2, 0.25) is 5.88 Å². The van der Waals surface area contributed by atoms with Crippen LogP contribution in [0.1, 0.15) is 5.56 Å². The first kappa shape index (κ1) is 10.5. The van der Waals surface area contributed by atoms with Gasteiger partial charge in [0, 0.05) is 12.7 Å². The molecule has 0 aromatic carbocycles. The highest BCUT2D eigenvalue weighted by molar-refractivity contribution is 5.33. The number of rotatable bonds is 4. The van der Waals surface area contributed by atoms with Crippen molar-refractivity contribution in [1.29, 1.82) is 0 Å². The van der Waals surface area contributed by atoms with Crippen molar-refractivity contribution in [3.05, 3.63) is 24.0 Å². The highest BCUT2D eigenvalue weighted by Gasteiger charge is 2.07. The molecule has 0 spiro atoms. The zero-order valence-electron chi connectivity index (χ0n) is 8.99. The van der Waals surface area contributed by atoms with Crippen LogP contribution in [0, 0.1) is 0 Å². The van der Waals surface area contributed by atoms with Crippen LogP contribution in [0.3, 0.4) is 0 Å². The topological polar surface area (TPSA) is 75.0 Å². The third kappa shape index (κ3) is 1.98. The fourth-order valence-electron chi connectivity index (χ4n) is 1.30. The van der Waals surface area contributed by atoms with Gasteiger partial charge in [-0.05, 0) is 22.6 Å². The molecular weight excluding hydrogens is 210 g/mol. The summed E-state index contributed by atoms with van der Waals surface area (Å²) in [6, 6.07) is 3.67. The maximum Gasteiger partial charge on any atom is 0.220 e. The summed E-state index contributed by atoms with van der Waals surface area (Å²) in [5.41, 5.74) is 0.877. The molecule has 0 atom stereocenters. The van der Waals surface area contributed by atoms with Crippen LogP contribution in [0.5, 0.6) is 5.88 Å². The highest BCUT2D eigenvalue weighted by atomic mass is 16.5. The zero-order valence-corrected chi connectivity index (χ0v) is 8.99. The predicted octanol–water partition coefficient (Wildman–Crippen LogP) is 0.212. The number of tetrazole rings is 1. The summed E-state index contributed by atoms with van der Waals surface area (Å²) >= 11 is 0. The van der Waals surface area contributed by atoms with Gasteiger partial charge >= 0.3 is 0 Å². The number of nitrogens with zero attached hydrogens (tertiary/aromatic N) is 5. The van der Waals surface area contributed by atoms with E-state index in [-0.39, 0.29) is 0 Å². The second kappa shape index (κ2) is 4.67. The first-order valence-electron chi connectivity index (χ1n) is 4.61. The second-order valence-electron chi connectivity index (χ2n) is 3.03. The molecule has 0 fully saturated rings. The highest BCUT2D eigenvalue weighted by Crippen LogP contribution is 2.17. The fraction of sp³-hybridized carbons (Fsp3) is 0.333. The Bertz CT molecular complexity index is 457. The van der Waals surface area contributed by atoms with E-state index < -0.39 is 0 Å². The number of aromatic nitrogens is 5. The molecule has 0 N–H and O–H groups in total. The van der Waals surface area contributed by atoms with Crippen molar-refractivity contribution in [2.45, 2.75) is 6.61 Å². The predicted molar refractivity (Wildman–Crippen MR) is 54.2 cm³/mol. The van der Waals surface area contributed by atoms with Gasteiger partial charge in [-0.3, -0.25) is 0 Å². The number of pyridine rings is 1. The molecule has 16 heavy (non-hydrogen) atoms. The monoisotopic (exact) mass is 221 g/mol. The number of hydrogen-bond donors (Lipinski definition) is 0. The van der Waals surface area contributed by atoms with Gasteiger partial charge in [-0.1, -0.05) is 0 Å². The number of hydrogen-bond acceptors (Lipinski definition) is 6. The lowest BCUT2D eigenvalue weighted by atomic mass is 10.3. The van der Waals surface area contributed by atoms with Crippen LogP contribution in [0.25, 0.3) is 5.82 Å². The molecule has 7 heteroatoms. The fourth-order valence-corrected chi connectivity index (χ4v) is 1.30. The Morgan fingerprint density at radius 1 is 1.31 bits per heavy atom. The summed E-state index contributed by atoms with van der Waals surface area (Å²) in [4.78, 5) is 4.27. The zero-order chi connectivity index (χ0) is 11.4. The molecule has 0 unspecified atom stereocenters. The lowest BCUT2D eigenvalue weighted by Gasteiger charge is -2.07. The van der Waals surface area contributed by atoms with E-state index in [0.717, 1.165) is 5.56 Å². The first-order chi connectivity index (χ1) is 7.85. The maximum atomic E-state index is 5.16. The quantitative estimate of drug-likeness (QED) is 0.734. The molecule has 0 saturated heterocycles. The summed E-state index contributed by atoms with van der Waals surface area (Å²) < 4.78 is 11.7. The van der Waals surface area contributed by atoms with Crippen LogP contribution in [-0.2, 0) is 11.3 Å². The minimum Gasteiger partial charge on any atom is -0.481 e. The van der Waals surface area contributed by atoms with Crippen molar-refractivity contribution in [2.75, 3.05) is 14.2 Å². The third-order valence-corrected chi connectivity index (χ3v) is 2.00. The average molecular weight is 221 g/mol. The Labute approximate surface area is 92.0 Å². The summed E-state index contributed by atoms with van der Waals surface area (Å²) in [6.45, 7) is 0.450. The molecule has 7 nitrogen and oxygen atoms in total. The van der Waals surface area contributed by atoms with Crippen LogP contribution in [-0.4, -0.2) is 39.4 Å². The Hall–Kier alpha value is -2.02. The van der Waals surface area contributed by atoms with Gasteiger partial charge in [0.15, 0.2) is 5.82 Å². The van der Waals surface area contributed by atoms with Crippen molar-refractivity contribution in [3.63, 3.8) is 0 Å². The molecule has 0 amide bonds. The SMILES string of the molecule is COCc1ccc(-n2cnnn2)nc1OC. The molecule has 0 aliphatic carbocycles. The summed E-state index contributed by atoms with van der Waals surface area (Å²) in [6.07, 6.45) is 1.47. The van der Waals surface area contributed by atoms with E-state index in [9.17, 15) is 0 Å². The molecule has 0 bridgehead atoms. The molecule has 0 aliphatic heterocycles. The second-order valence-corrected chi connectivity index (χ2v) is 3.03. The summed E-state index contributed by atoms with van der Waals surface area (Å²) in [5, 5.41) is 10.8. The van der Waals surface area contributed by atoms with Crippen molar-refractivity contribution in [2.24, 2.45) is 0 Å². The molecule has 0 saturated carbocycles. The molecule has 0 aliphatic rings. The molecule has 84 valence electrons. The molecular formula is C9H11N5O2. The van der Waals surface area contributed by atoms with E-state index in [2.05, 4.69) is 20.5 Å². The Kier molecular flexibility index (Phi) is 3.06. The molecule has 2 heterocycles. The molecule has 2 aromatic rings. The van der Waals surface area contributed by atoms with Crippen LogP contribution < -0.4 is 4.74 Å². The maximum absolute atomic E-state index is 5.16. The van der Waals surface area contributed by atoms with Gasteiger partial charge < -0.3 is 9.47 Å². The van der Waals surface area contributed by atoms with Crippen LogP contribution in [0.2, 0.25) is 0 Å². The third-order valence-electron chi connectivity index (χ3n) is 2.00. The molecule has 2 rings (SSSR count). The van der Waals surface area contributed by atoms with E-state index in [1.54, 1.807) is 20.3 Å². The summed E-state index contributed by atoms with van der Waals surface area (Å²) in [7, 11) is 3.18. The van der Waals surface area contributed by atoms with Crippen molar-refractivity contribution >= 4 is 0 Å². The van der Waals surface area contributed by atoms with Crippen molar-refractivity contribution < 1.29 is 9.47 Å². The van der Waals surface area contributed by atoms with Gasteiger partial charge in [0.25, 0.3) is 0 Å². The van der Waals surface area contributed by atoms with Gasteiger partial charge in [-0.2, -0.15) is 9.67 Å². The van der Waals surface area contributed by atoms with Crippen molar-refractivity contribution in [1.82, 2.24) is 25.2 Å². The molecule has 0 radical (unpaired) electrons.